The Morgan fingerprint density at radius 3 is 2.93 bits per heavy atom. The second kappa shape index (κ2) is 5.81. The fourth-order valence-electron chi connectivity index (χ4n) is 1.50. The van der Waals surface area contributed by atoms with Gasteiger partial charge in [0.15, 0.2) is 0 Å². The lowest BCUT2D eigenvalue weighted by atomic mass is 10.3. The molecule has 1 N–H and O–H groups in total. The first-order valence-electron chi connectivity index (χ1n) is 5.47. The molecule has 0 fully saturated rings. The summed E-state index contributed by atoms with van der Waals surface area (Å²) < 4.78 is 2.24. The zero-order valence-electron chi connectivity index (χ0n) is 9.45. The van der Waals surface area contributed by atoms with Crippen LogP contribution in [-0.2, 0) is 13.0 Å². The van der Waals surface area contributed by atoms with Crippen molar-refractivity contribution in [3.63, 3.8) is 0 Å². The van der Waals surface area contributed by atoms with Crippen LogP contribution >= 0.6 is 0 Å². The Hall–Kier alpha value is -0.830. The van der Waals surface area contributed by atoms with Crippen LogP contribution < -0.4 is 5.32 Å². The Morgan fingerprint density at radius 1 is 1.50 bits per heavy atom. The molecule has 0 saturated carbocycles. The molecule has 0 amide bonds. The van der Waals surface area contributed by atoms with E-state index in [2.05, 4.69) is 41.8 Å². The zero-order valence-corrected chi connectivity index (χ0v) is 9.45. The number of rotatable bonds is 6. The van der Waals surface area contributed by atoms with Crippen molar-refractivity contribution in [3.05, 3.63) is 18.2 Å². The first-order valence-corrected chi connectivity index (χ1v) is 5.47. The van der Waals surface area contributed by atoms with E-state index in [1.807, 2.05) is 6.20 Å². The van der Waals surface area contributed by atoms with E-state index in [4.69, 9.17) is 0 Å². The van der Waals surface area contributed by atoms with Crippen LogP contribution in [0.4, 0.5) is 0 Å². The van der Waals surface area contributed by atoms with E-state index >= 15 is 0 Å². The van der Waals surface area contributed by atoms with Crippen molar-refractivity contribution in [3.8, 4) is 0 Å². The molecule has 1 rings (SSSR count). The van der Waals surface area contributed by atoms with Crippen molar-refractivity contribution in [1.82, 2.24) is 14.9 Å². The van der Waals surface area contributed by atoms with Crippen LogP contribution in [0.5, 0.6) is 0 Å². The molecule has 3 heteroatoms. The van der Waals surface area contributed by atoms with E-state index in [-0.39, 0.29) is 0 Å². The van der Waals surface area contributed by atoms with Gasteiger partial charge in [-0.25, -0.2) is 4.98 Å². The highest BCUT2D eigenvalue weighted by Gasteiger charge is 1.99. The van der Waals surface area contributed by atoms with Crippen LogP contribution in [-0.4, -0.2) is 22.1 Å². The number of nitrogens with zero attached hydrogens (tertiary/aromatic N) is 2. The van der Waals surface area contributed by atoms with Crippen molar-refractivity contribution in [2.24, 2.45) is 0 Å². The quantitative estimate of drug-likeness (QED) is 0.702. The number of imidazole rings is 1. The molecule has 3 nitrogen and oxygen atoms in total. The molecule has 1 aromatic rings. The second-order valence-corrected chi connectivity index (χ2v) is 3.85. The summed E-state index contributed by atoms with van der Waals surface area (Å²) in [4.78, 5) is 4.29. The van der Waals surface area contributed by atoms with Gasteiger partial charge in [-0.15, -0.1) is 0 Å². The van der Waals surface area contributed by atoms with Gasteiger partial charge >= 0.3 is 0 Å². The molecule has 0 aliphatic rings. The van der Waals surface area contributed by atoms with Crippen molar-refractivity contribution in [2.75, 3.05) is 6.54 Å². The van der Waals surface area contributed by atoms with Crippen LogP contribution in [0.2, 0.25) is 0 Å². The van der Waals surface area contributed by atoms with Gasteiger partial charge in [0, 0.05) is 31.4 Å². The van der Waals surface area contributed by atoms with Crippen LogP contribution in [0.25, 0.3) is 0 Å². The van der Waals surface area contributed by atoms with Gasteiger partial charge in [-0.3, -0.25) is 0 Å². The molecular formula is C11H21N3. The van der Waals surface area contributed by atoms with Gasteiger partial charge in [-0.1, -0.05) is 20.8 Å². The van der Waals surface area contributed by atoms with Crippen LogP contribution in [0.3, 0.4) is 0 Å². The van der Waals surface area contributed by atoms with E-state index in [9.17, 15) is 0 Å². The predicted octanol–water partition coefficient (Wildman–Crippen LogP) is 1.83. The van der Waals surface area contributed by atoms with Gasteiger partial charge in [0.1, 0.15) is 5.82 Å². The predicted molar refractivity (Wildman–Crippen MR) is 59.4 cm³/mol. The second-order valence-electron chi connectivity index (χ2n) is 3.85. The number of aromatic nitrogens is 2. The van der Waals surface area contributed by atoms with Crippen molar-refractivity contribution < 1.29 is 0 Å². The first-order chi connectivity index (χ1) is 6.74. The SMILES string of the molecule is CCc1nccn1CCCNC(C)C. The maximum Gasteiger partial charge on any atom is 0.108 e. The summed E-state index contributed by atoms with van der Waals surface area (Å²) in [5, 5.41) is 3.41. The largest absolute Gasteiger partial charge is 0.335 e. The zero-order chi connectivity index (χ0) is 10.4. The summed E-state index contributed by atoms with van der Waals surface area (Å²) in [5.74, 6) is 1.19. The normalized spacial score (nSPS) is 11.1. The summed E-state index contributed by atoms with van der Waals surface area (Å²) in [5.41, 5.74) is 0. The Bertz CT molecular complexity index is 253. The average molecular weight is 195 g/mol. The fourth-order valence-corrected chi connectivity index (χ4v) is 1.50. The van der Waals surface area contributed by atoms with E-state index in [1.165, 1.54) is 12.2 Å². The van der Waals surface area contributed by atoms with Gasteiger partial charge < -0.3 is 9.88 Å². The molecule has 14 heavy (non-hydrogen) atoms. The molecule has 0 atom stereocenters. The lowest BCUT2D eigenvalue weighted by Gasteiger charge is -2.09. The minimum absolute atomic E-state index is 0.587. The molecule has 0 unspecified atom stereocenters. The van der Waals surface area contributed by atoms with E-state index in [1.54, 1.807) is 0 Å². The summed E-state index contributed by atoms with van der Waals surface area (Å²) in [7, 11) is 0. The minimum atomic E-state index is 0.587. The third kappa shape index (κ3) is 3.50. The molecular weight excluding hydrogens is 174 g/mol. The number of aryl methyl sites for hydroxylation is 2. The smallest absolute Gasteiger partial charge is 0.108 e. The molecule has 0 bridgehead atoms. The first kappa shape index (κ1) is 11.2. The maximum atomic E-state index is 4.29. The highest BCUT2D eigenvalue weighted by Crippen LogP contribution is 1.99. The van der Waals surface area contributed by atoms with Gasteiger partial charge in [0.25, 0.3) is 0 Å². The Balaban J connectivity index is 2.24. The summed E-state index contributed by atoms with van der Waals surface area (Å²) in [6.07, 6.45) is 6.13. The molecule has 80 valence electrons. The van der Waals surface area contributed by atoms with Crippen molar-refractivity contribution >= 4 is 0 Å². The van der Waals surface area contributed by atoms with Crippen LogP contribution in [0.15, 0.2) is 12.4 Å². The molecule has 0 aromatic carbocycles. The Labute approximate surface area is 86.5 Å². The lowest BCUT2D eigenvalue weighted by molar-refractivity contribution is 0.528. The fraction of sp³-hybridized carbons (Fsp3) is 0.727. The van der Waals surface area contributed by atoms with Crippen LogP contribution in [0, 0.1) is 0 Å². The summed E-state index contributed by atoms with van der Waals surface area (Å²) in [6, 6.07) is 0.587. The maximum absolute atomic E-state index is 4.29. The number of nitrogens with one attached hydrogen (secondary N) is 1. The highest BCUT2D eigenvalue weighted by molar-refractivity contribution is 4.91. The molecule has 1 heterocycles. The van der Waals surface area contributed by atoms with E-state index < -0.39 is 0 Å². The molecule has 1 aromatic heterocycles. The molecule has 0 aliphatic carbocycles. The van der Waals surface area contributed by atoms with Crippen molar-refractivity contribution in [1.29, 1.82) is 0 Å². The third-order valence-corrected chi connectivity index (χ3v) is 2.25. The molecule has 0 aliphatic heterocycles. The molecule has 0 saturated heterocycles. The van der Waals surface area contributed by atoms with Gasteiger partial charge in [0.2, 0.25) is 0 Å². The molecule has 0 spiro atoms. The summed E-state index contributed by atoms with van der Waals surface area (Å²) in [6.45, 7) is 8.65. The monoisotopic (exact) mass is 195 g/mol. The van der Waals surface area contributed by atoms with E-state index in [0.717, 1.165) is 19.5 Å². The Kier molecular flexibility index (Phi) is 4.66. The topological polar surface area (TPSA) is 29.9 Å². The van der Waals surface area contributed by atoms with E-state index in [0.29, 0.717) is 6.04 Å². The average Bonchev–Trinajstić information content (AvgIpc) is 2.59. The highest BCUT2D eigenvalue weighted by atomic mass is 15.1. The summed E-state index contributed by atoms with van der Waals surface area (Å²) >= 11 is 0. The number of hydrogen-bond donors (Lipinski definition) is 1. The lowest BCUT2D eigenvalue weighted by Crippen LogP contribution is -2.24. The number of hydrogen-bond acceptors (Lipinski definition) is 2. The van der Waals surface area contributed by atoms with Gasteiger partial charge in [-0.2, -0.15) is 0 Å². The van der Waals surface area contributed by atoms with Crippen LogP contribution in [0.1, 0.15) is 33.0 Å². The minimum Gasteiger partial charge on any atom is -0.335 e. The van der Waals surface area contributed by atoms with Gasteiger partial charge in [-0.05, 0) is 13.0 Å². The van der Waals surface area contributed by atoms with Gasteiger partial charge in [0.05, 0.1) is 0 Å². The van der Waals surface area contributed by atoms with Crippen molar-refractivity contribution in [2.45, 2.75) is 46.2 Å². The Morgan fingerprint density at radius 2 is 2.29 bits per heavy atom. The third-order valence-electron chi connectivity index (χ3n) is 2.25. The standard InChI is InChI=1S/C11H21N3/c1-4-11-13-7-9-14(11)8-5-6-12-10(2)3/h7,9-10,12H,4-6,8H2,1-3H3. The molecule has 0 radical (unpaired) electrons.